The minimum absolute atomic E-state index is 0.225. The van der Waals surface area contributed by atoms with Crippen LogP contribution in [-0.2, 0) is 6.54 Å². The van der Waals surface area contributed by atoms with Gasteiger partial charge in [-0.05, 0) is 18.4 Å². The van der Waals surface area contributed by atoms with Crippen LogP contribution in [0.15, 0.2) is 24.3 Å². The maximum atomic E-state index is 11.7. The molecule has 3 N–H and O–H groups in total. The van der Waals surface area contributed by atoms with Crippen LogP contribution < -0.4 is 15.4 Å². The monoisotopic (exact) mass is 294 g/mol. The molecular weight excluding hydrogens is 268 g/mol. The van der Waals surface area contributed by atoms with Crippen molar-refractivity contribution < 1.29 is 14.6 Å². The van der Waals surface area contributed by atoms with E-state index in [2.05, 4.69) is 10.6 Å². The average molecular weight is 294 g/mol. The number of nitrogens with one attached hydrogen (secondary N) is 2. The van der Waals surface area contributed by atoms with Crippen molar-refractivity contribution in [3.05, 3.63) is 29.8 Å². The predicted molar refractivity (Wildman–Crippen MR) is 83.3 cm³/mol. The minimum atomic E-state index is -0.584. The van der Waals surface area contributed by atoms with Gasteiger partial charge in [0.2, 0.25) is 0 Å². The number of hydrogen-bond donors (Lipinski definition) is 3. The zero-order valence-corrected chi connectivity index (χ0v) is 13.3. The van der Waals surface area contributed by atoms with Gasteiger partial charge in [-0.15, -0.1) is 0 Å². The van der Waals surface area contributed by atoms with Crippen molar-refractivity contribution in [2.75, 3.05) is 13.2 Å². The molecule has 0 aromatic heterocycles. The van der Waals surface area contributed by atoms with Crippen LogP contribution in [0.25, 0.3) is 0 Å². The summed E-state index contributed by atoms with van der Waals surface area (Å²) in [5.41, 5.74) is 0.667. The third kappa shape index (κ3) is 6.04. The maximum Gasteiger partial charge on any atom is 0.315 e. The maximum absolute atomic E-state index is 11.7. The summed E-state index contributed by atoms with van der Waals surface area (Å²) in [6, 6.07) is 7.29. The number of carbonyl (C=O) groups is 1. The molecule has 0 radical (unpaired) electrons. The Labute approximate surface area is 126 Å². The molecule has 2 amide bonds. The summed E-state index contributed by atoms with van der Waals surface area (Å²) in [5, 5.41) is 15.3. The Morgan fingerprint density at radius 3 is 2.57 bits per heavy atom. The second-order valence-corrected chi connectivity index (χ2v) is 5.99. The van der Waals surface area contributed by atoms with Gasteiger partial charge < -0.3 is 20.5 Å². The first-order valence-electron chi connectivity index (χ1n) is 7.25. The van der Waals surface area contributed by atoms with E-state index in [1.807, 2.05) is 52.0 Å². The van der Waals surface area contributed by atoms with Crippen molar-refractivity contribution >= 4 is 6.03 Å². The number of benzene rings is 1. The molecule has 0 heterocycles. The van der Waals surface area contributed by atoms with Crippen LogP contribution in [-0.4, -0.2) is 30.4 Å². The first kappa shape index (κ1) is 17.3. The van der Waals surface area contributed by atoms with Crippen LogP contribution in [0.3, 0.4) is 0 Å². The molecule has 0 saturated heterocycles. The summed E-state index contributed by atoms with van der Waals surface area (Å²) in [4.78, 5) is 11.7. The van der Waals surface area contributed by atoms with Gasteiger partial charge in [0, 0.05) is 18.7 Å². The van der Waals surface area contributed by atoms with Crippen molar-refractivity contribution in [2.24, 2.45) is 5.41 Å². The minimum Gasteiger partial charge on any atom is -0.494 e. The van der Waals surface area contributed by atoms with Gasteiger partial charge in [0.1, 0.15) is 5.75 Å². The number of hydrogen-bond acceptors (Lipinski definition) is 3. The Hall–Kier alpha value is -1.75. The van der Waals surface area contributed by atoms with Gasteiger partial charge in [0.05, 0.1) is 12.7 Å². The highest BCUT2D eigenvalue weighted by Gasteiger charge is 2.22. The Balaban J connectivity index is 2.43. The molecule has 0 saturated carbocycles. The molecule has 1 rings (SSSR count). The van der Waals surface area contributed by atoms with E-state index in [1.54, 1.807) is 0 Å². The van der Waals surface area contributed by atoms with Gasteiger partial charge in [0.15, 0.2) is 0 Å². The largest absolute Gasteiger partial charge is 0.494 e. The number of ether oxygens (including phenoxy) is 1. The zero-order chi connectivity index (χ0) is 15.9. The van der Waals surface area contributed by atoms with Crippen molar-refractivity contribution in [3.63, 3.8) is 0 Å². The lowest BCUT2D eigenvalue weighted by atomic mass is 9.89. The summed E-state index contributed by atoms with van der Waals surface area (Å²) >= 11 is 0. The van der Waals surface area contributed by atoms with E-state index in [4.69, 9.17) is 4.74 Å². The number of aliphatic hydroxyl groups is 1. The standard InChI is InChI=1S/C16H26N2O3/c1-5-21-13-9-7-6-8-12(13)10-17-15(20)18-11-14(19)16(2,3)4/h6-9,14,19H,5,10-11H2,1-4H3,(H2,17,18,20). The lowest BCUT2D eigenvalue weighted by Crippen LogP contribution is -2.43. The molecule has 21 heavy (non-hydrogen) atoms. The zero-order valence-electron chi connectivity index (χ0n) is 13.3. The molecular formula is C16H26N2O3. The molecule has 0 aliphatic rings. The average Bonchev–Trinajstić information content (AvgIpc) is 2.43. The third-order valence-corrected chi connectivity index (χ3v) is 3.17. The summed E-state index contributed by atoms with van der Waals surface area (Å²) < 4.78 is 5.50. The lowest BCUT2D eigenvalue weighted by molar-refractivity contribution is 0.0650. The van der Waals surface area contributed by atoms with Crippen LogP contribution in [0.1, 0.15) is 33.3 Å². The predicted octanol–water partition coefficient (Wildman–Crippen LogP) is 2.29. The van der Waals surface area contributed by atoms with E-state index in [0.717, 1.165) is 11.3 Å². The topological polar surface area (TPSA) is 70.6 Å². The molecule has 0 aliphatic heterocycles. The number of amides is 2. The third-order valence-electron chi connectivity index (χ3n) is 3.17. The van der Waals surface area contributed by atoms with Gasteiger partial charge in [-0.3, -0.25) is 0 Å². The molecule has 1 aromatic rings. The quantitative estimate of drug-likeness (QED) is 0.754. The summed E-state index contributed by atoms with van der Waals surface area (Å²) in [7, 11) is 0. The molecule has 0 aliphatic carbocycles. The Morgan fingerprint density at radius 2 is 1.95 bits per heavy atom. The molecule has 5 heteroatoms. The number of rotatable bonds is 6. The van der Waals surface area contributed by atoms with Gasteiger partial charge in [-0.25, -0.2) is 4.79 Å². The van der Waals surface area contributed by atoms with E-state index in [0.29, 0.717) is 13.2 Å². The van der Waals surface area contributed by atoms with E-state index in [9.17, 15) is 9.90 Å². The lowest BCUT2D eigenvalue weighted by Gasteiger charge is -2.25. The summed E-state index contributed by atoms with van der Waals surface area (Å²) in [5.74, 6) is 0.773. The first-order valence-corrected chi connectivity index (χ1v) is 7.25. The number of para-hydroxylation sites is 1. The Kier molecular flexibility index (Phi) is 6.49. The second-order valence-electron chi connectivity index (χ2n) is 5.99. The number of aliphatic hydroxyl groups excluding tert-OH is 1. The number of urea groups is 1. The highest BCUT2D eigenvalue weighted by molar-refractivity contribution is 5.73. The second kappa shape index (κ2) is 7.88. The fraction of sp³-hybridized carbons (Fsp3) is 0.562. The van der Waals surface area contributed by atoms with Crippen LogP contribution in [0.2, 0.25) is 0 Å². The molecule has 1 unspecified atom stereocenters. The van der Waals surface area contributed by atoms with Crippen LogP contribution >= 0.6 is 0 Å². The molecule has 5 nitrogen and oxygen atoms in total. The van der Waals surface area contributed by atoms with Crippen LogP contribution in [0.5, 0.6) is 5.75 Å². The SMILES string of the molecule is CCOc1ccccc1CNC(=O)NCC(O)C(C)(C)C. The van der Waals surface area contributed by atoms with E-state index in [-0.39, 0.29) is 18.0 Å². The Morgan fingerprint density at radius 1 is 1.29 bits per heavy atom. The molecule has 1 aromatic carbocycles. The highest BCUT2D eigenvalue weighted by atomic mass is 16.5. The molecule has 0 spiro atoms. The van der Waals surface area contributed by atoms with Gasteiger partial charge in [-0.1, -0.05) is 39.0 Å². The fourth-order valence-electron chi connectivity index (χ4n) is 1.68. The van der Waals surface area contributed by atoms with Gasteiger partial charge >= 0.3 is 6.03 Å². The first-order chi connectivity index (χ1) is 9.84. The molecule has 0 fully saturated rings. The fourth-order valence-corrected chi connectivity index (χ4v) is 1.68. The van der Waals surface area contributed by atoms with Crippen molar-refractivity contribution in [1.82, 2.24) is 10.6 Å². The van der Waals surface area contributed by atoms with Crippen LogP contribution in [0, 0.1) is 5.41 Å². The van der Waals surface area contributed by atoms with Gasteiger partial charge in [-0.2, -0.15) is 0 Å². The van der Waals surface area contributed by atoms with Crippen LogP contribution in [0.4, 0.5) is 4.79 Å². The normalized spacial score (nSPS) is 12.6. The summed E-state index contributed by atoms with van der Waals surface area (Å²) in [6.07, 6.45) is -0.584. The van der Waals surface area contributed by atoms with E-state index < -0.39 is 6.10 Å². The van der Waals surface area contributed by atoms with Crippen molar-refractivity contribution in [1.29, 1.82) is 0 Å². The smallest absolute Gasteiger partial charge is 0.315 e. The molecule has 118 valence electrons. The Bertz CT molecular complexity index is 455. The van der Waals surface area contributed by atoms with Crippen molar-refractivity contribution in [2.45, 2.75) is 40.3 Å². The molecule has 1 atom stereocenters. The van der Waals surface area contributed by atoms with Crippen molar-refractivity contribution in [3.8, 4) is 5.75 Å². The van der Waals surface area contributed by atoms with E-state index >= 15 is 0 Å². The highest BCUT2D eigenvalue weighted by Crippen LogP contribution is 2.18. The van der Waals surface area contributed by atoms with Gasteiger partial charge in [0.25, 0.3) is 0 Å². The molecule has 0 bridgehead atoms. The number of carbonyl (C=O) groups excluding carboxylic acids is 1. The van der Waals surface area contributed by atoms with E-state index in [1.165, 1.54) is 0 Å². The summed E-state index contributed by atoms with van der Waals surface area (Å²) in [6.45, 7) is 8.89.